The predicted octanol–water partition coefficient (Wildman–Crippen LogP) is 2.07. The van der Waals surface area contributed by atoms with Gasteiger partial charge in [-0.1, -0.05) is 12.1 Å². The number of likely N-dealkylation sites (tertiary alicyclic amines) is 1. The van der Waals surface area contributed by atoms with Gasteiger partial charge in [0.15, 0.2) is 5.96 Å². The van der Waals surface area contributed by atoms with Crippen LogP contribution >= 0.6 is 0 Å². The molecule has 0 unspecified atom stereocenters. The lowest BCUT2D eigenvalue weighted by molar-refractivity contribution is -0.121. The molecule has 1 fully saturated rings. The van der Waals surface area contributed by atoms with E-state index in [0.717, 1.165) is 57.1 Å². The molecule has 6 nitrogen and oxygen atoms in total. The zero-order valence-corrected chi connectivity index (χ0v) is 17.4. The summed E-state index contributed by atoms with van der Waals surface area (Å²) < 4.78 is 13.0. The Bertz CT molecular complexity index is 626. The van der Waals surface area contributed by atoms with E-state index in [2.05, 4.69) is 34.4 Å². The van der Waals surface area contributed by atoms with Crippen LogP contribution in [0.2, 0.25) is 0 Å². The lowest BCUT2D eigenvalue weighted by Crippen LogP contribution is -2.46. The summed E-state index contributed by atoms with van der Waals surface area (Å²) in [5, 5.41) is 6.10. The first-order valence-electron chi connectivity index (χ1n) is 10.2. The highest BCUT2D eigenvalue weighted by atomic mass is 19.1. The van der Waals surface area contributed by atoms with Crippen molar-refractivity contribution in [1.29, 1.82) is 0 Å². The van der Waals surface area contributed by atoms with E-state index in [1.807, 2.05) is 12.1 Å². The van der Waals surface area contributed by atoms with Gasteiger partial charge in [-0.3, -0.25) is 9.79 Å². The maximum atomic E-state index is 13.0. The first-order chi connectivity index (χ1) is 13.5. The molecule has 1 amide bonds. The molecule has 1 aromatic carbocycles. The fourth-order valence-electron chi connectivity index (χ4n) is 3.45. The maximum Gasteiger partial charge on any atom is 0.220 e. The second-order valence-electron chi connectivity index (χ2n) is 7.41. The van der Waals surface area contributed by atoms with E-state index in [-0.39, 0.29) is 11.7 Å². The molecule has 2 rings (SSSR count). The van der Waals surface area contributed by atoms with E-state index >= 15 is 0 Å². The SMILES string of the molecule is CCNC(=NCCN(C)Cc1ccc(F)cc1)N1CCC(CC(=O)NC)CC1. The molecule has 0 radical (unpaired) electrons. The van der Waals surface area contributed by atoms with Crippen molar-refractivity contribution in [2.75, 3.05) is 46.8 Å². The minimum Gasteiger partial charge on any atom is -0.359 e. The van der Waals surface area contributed by atoms with E-state index in [1.165, 1.54) is 12.1 Å². The van der Waals surface area contributed by atoms with Crippen LogP contribution < -0.4 is 10.6 Å². The smallest absolute Gasteiger partial charge is 0.220 e. The molecule has 1 aromatic rings. The Morgan fingerprint density at radius 2 is 1.96 bits per heavy atom. The quantitative estimate of drug-likeness (QED) is 0.526. The van der Waals surface area contributed by atoms with Crippen molar-refractivity contribution in [3.05, 3.63) is 35.6 Å². The summed E-state index contributed by atoms with van der Waals surface area (Å²) >= 11 is 0. The van der Waals surface area contributed by atoms with Gasteiger partial charge in [0.05, 0.1) is 6.54 Å². The third kappa shape index (κ3) is 7.46. The van der Waals surface area contributed by atoms with Crippen LogP contribution in [0.5, 0.6) is 0 Å². The largest absolute Gasteiger partial charge is 0.359 e. The van der Waals surface area contributed by atoms with Gasteiger partial charge >= 0.3 is 0 Å². The molecule has 0 bridgehead atoms. The van der Waals surface area contributed by atoms with Crippen LogP contribution in [0.3, 0.4) is 0 Å². The highest BCUT2D eigenvalue weighted by molar-refractivity contribution is 5.80. The normalized spacial score (nSPS) is 15.8. The Kier molecular flexibility index (Phi) is 9.20. The van der Waals surface area contributed by atoms with Gasteiger partial charge in [0, 0.05) is 46.2 Å². The third-order valence-corrected chi connectivity index (χ3v) is 5.11. The number of benzene rings is 1. The number of piperidine rings is 1. The number of rotatable bonds is 8. The number of halogens is 1. The van der Waals surface area contributed by atoms with Gasteiger partial charge < -0.3 is 20.4 Å². The van der Waals surface area contributed by atoms with Gasteiger partial charge in [-0.05, 0) is 50.4 Å². The summed E-state index contributed by atoms with van der Waals surface area (Å²) in [5.74, 6) is 1.34. The molecule has 2 N–H and O–H groups in total. The summed E-state index contributed by atoms with van der Waals surface area (Å²) in [5.41, 5.74) is 1.10. The van der Waals surface area contributed by atoms with Crippen LogP contribution in [0.25, 0.3) is 0 Å². The van der Waals surface area contributed by atoms with Crippen LogP contribution in [-0.4, -0.2) is 68.5 Å². The third-order valence-electron chi connectivity index (χ3n) is 5.11. The topological polar surface area (TPSA) is 60.0 Å². The van der Waals surface area contributed by atoms with Gasteiger partial charge in [0.1, 0.15) is 5.82 Å². The Hall–Kier alpha value is -2.15. The molecule has 1 aliphatic heterocycles. The molecule has 0 spiro atoms. The second kappa shape index (κ2) is 11.6. The van der Waals surface area contributed by atoms with Crippen LogP contribution in [0.1, 0.15) is 31.7 Å². The Labute approximate surface area is 168 Å². The summed E-state index contributed by atoms with van der Waals surface area (Å²) in [4.78, 5) is 20.8. The second-order valence-corrected chi connectivity index (χ2v) is 7.41. The van der Waals surface area contributed by atoms with E-state index < -0.39 is 0 Å². The van der Waals surface area contributed by atoms with Gasteiger partial charge in [0.2, 0.25) is 5.91 Å². The van der Waals surface area contributed by atoms with Crippen LogP contribution in [0.15, 0.2) is 29.3 Å². The van der Waals surface area contributed by atoms with E-state index in [9.17, 15) is 9.18 Å². The maximum absolute atomic E-state index is 13.0. The van der Waals surface area contributed by atoms with Gasteiger partial charge in [0.25, 0.3) is 0 Å². The molecule has 0 atom stereocenters. The van der Waals surface area contributed by atoms with Crippen molar-refractivity contribution in [3.8, 4) is 0 Å². The van der Waals surface area contributed by atoms with Crippen molar-refractivity contribution in [2.24, 2.45) is 10.9 Å². The monoisotopic (exact) mass is 391 g/mol. The molecule has 1 aliphatic rings. The predicted molar refractivity (Wildman–Crippen MR) is 112 cm³/mol. The summed E-state index contributed by atoms with van der Waals surface area (Å²) in [6.07, 6.45) is 2.65. The average molecular weight is 392 g/mol. The molecule has 156 valence electrons. The van der Waals surface area contributed by atoms with Gasteiger partial charge in [-0.15, -0.1) is 0 Å². The highest BCUT2D eigenvalue weighted by Crippen LogP contribution is 2.20. The molecule has 0 aliphatic carbocycles. The number of nitrogens with zero attached hydrogens (tertiary/aromatic N) is 3. The van der Waals surface area contributed by atoms with Crippen molar-refractivity contribution in [3.63, 3.8) is 0 Å². The minimum absolute atomic E-state index is 0.128. The van der Waals surface area contributed by atoms with Gasteiger partial charge in [-0.25, -0.2) is 4.39 Å². The Morgan fingerprint density at radius 1 is 1.29 bits per heavy atom. The Morgan fingerprint density at radius 3 is 2.57 bits per heavy atom. The minimum atomic E-state index is -0.203. The summed E-state index contributed by atoms with van der Waals surface area (Å²) in [7, 11) is 3.75. The van der Waals surface area contributed by atoms with Crippen molar-refractivity contribution < 1.29 is 9.18 Å². The molecule has 1 saturated heterocycles. The lowest BCUT2D eigenvalue weighted by Gasteiger charge is -2.34. The number of nitrogens with one attached hydrogen (secondary N) is 2. The molecule has 0 saturated carbocycles. The number of likely N-dealkylation sites (N-methyl/N-ethyl adjacent to an activating group) is 1. The number of aliphatic imine (C=N–C) groups is 1. The molecular formula is C21H34FN5O. The fourth-order valence-corrected chi connectivity index (χ4v) is 3.45. The van der Waals surface area contributed by atoms with Crippen molar-refractivity contribution in [1.82, 2.24) is 20.4 Å². The van der Waals surface area contributed by atoms with Crippen LogP contribution in [-0.2, 0) is 11.3 Å². The van der Waals surface area contributed by atoms with Crippen LogP contribution in [0, 0.1) is 11.7 Å². The van der Waals surface area contributed by atoms with Gasteiger partial charge in [-0.2, -0.15) is 0 Å². The number of hydrogen-bond donors (Lipinski definition) is 2. The van der Waals surface area contributed by atoms with Crippen molar-refractivity contribution in [2.45, 2.75) is 32.7 Å². The first kappa shape index (κ1) is 22.1. The fraction of sp³-hybridized carbons (Fsp3) is 0.619. The number of amides is 1. The zero-order chi connectivity index (χ0) is 20.4. The number of carbonyl (C=O) groups excluding carboxylic acids is 1. The highest BCUT2D eigenvalue weighted by Gasteiger charge is 2.23. The van der Waals surface area contributed by atoms with Crippen LogP contribution in [0.4, 0.5) is 4.39 Å². The summed E-state index contributed by atoms with van der Waals surface area (Å²) in [6, 6.07) is 6.64. The van der Waals surface area contributed by atoms with E-state index in [0.29, 0.717) is 18.9 Å². The number of hydrogen-bond acceptors (Lipinski definition) is 3. The number of carbonyl (C=O) groups is 1. The molecule has 28 heavy (non-hydrogen) atoms. The lowest BCUT2D eigenvalue weighted by atomic mass is 9.93. The molecule has 7 heteroatoms. The first-order valence-corrected chi connectivity index (χ1v) is 10.2. The molecular weight excluding hydrogens is 357 g/mol. The van der Waals surface area contributed by atoms with Crippen molar-refractivity contribution >= 4 is 11.9 Å². The summed E-state index contributed by atoms with van der Waals surface area (Å²) in [6.45, 7) is 7.09. The number of guanidine groups is 1. The average Bonchev–Trinajstić information content (AvgIpc) is 2.69. The Balaban J connectivity index is 1.80. The molecule has 1 heterocycles. The molecule has 0 aromatic heterocycles. The zero-order valence-electron chi connectivity index (χ0n) is 17.4. The standard InChI is InChI=1S/C21H34FN5O/c1-4-24-21(27-12-9-17(10-13-27)15-20(28)23-2)25-11-14-26(3)16-18-5-7-19(22)8-6-18/h5-8,17H,4,9-16H2,1-3H3,(H,23,28)(H,24,25). The van der Waals surface area contributed by atoms with E-state index in [4.69, 9.17) is 4.99 Å². The van der Waals surface area contributed by atoms with E-state index in [1.54, 1.807) is 7.05 Å².